The molecule has 1 amide bonds. The van der Waals surface area contributed by atoms with Gasteiger partial charge in [-0.1, -0.05) is 23.4 Å². The van der Waals surface area contributed by atoms with Crippen molar-refractivity contribution in [2.24, 2.45) is 0 Å². The fraction of sp³-hybridized carbons (Fsp3) is 0.188. The zero-order valence-corrected chi connectivity index (χ0v) is 12.2. The summed E-state index contributed by atoms with van der Waals surface area (Å²) >= 11 is 0. The second kappa shape index (κ2) is 6.04. The predicted molar refractivity (Wildman–Crippen MR) is 82.4 cm³/mol. The fourth-order valence-corrected chi connectivity index (χ4v) is 2.37. The second-order valence-electron chi connectivity index (χ2n) is 5.32. The van der Waals surface area contributed by atoms with Crippen molar-refractivity contribution in [3.63, 3.8) is 0 Å². The van der Waals surface area contributed by atoms with E-state index in [1.54, 1.807) is 18.2 Å². The summed E-state index contributed by atoms with van der Waals surface area (Å²) < 4.78 is 18.6. The number of halogens is 1. The van der Waals surface area contributed by atoms with Gasteiger partial charge in [-0.25, -0.2) is 4.39 Å². The van der Waals surface area contributed by atoms with Crippen molar-refractivity contribution < 1.29 is 13.7 Å². The molecule has 1 fully saturated rings. The zero-order chi connectivity index (χ0) is 16.3. The van der Waals surface area contributed by atoms with Crippen LogP contribution in [0, 0.1) is 11.2 Å². The third-order valence-corrected chi connectivity index (χ3v) is 3.75. The minimum Gasteiger partial charge on any atom is -0.363 e. The largest absolute Gasteiger partial charge is 0.363 e. The van der Waals surface area contributed by atoms with E-state index in [-0.39, 0.29) is 11.7 Å². The molecule has 3 N–H and O–H groups in total. The van der Waals surface area contributed by atoms with Gasteiger partial charge in [-0.2, -0.15) is 0 Å². The molecule has 1 saturated carbocycles. The Hall–Kier alpha value is -2.96. The first-order valence-corrected chi connectivity index (χ1v) is 7.09. The number of nitrogens with one attached hydrogen (secondary N) is 3. The van der Waals surface area contributed by atoms with Crippen LogP contribution in [0.3, 0.4) is 0 Å². The fourth-order valence-electron chi connectivity index (χ4n) is 2.37. The summed E-state index contributed by atoms with van der Waals surface area (Å²) in [5.41, 5.74) is 0.162. The van der Waals surface area contributed by atoms with E-state index >= 15 is 0 Å². The van der Waals surface area contributed by atoms with Gasteiger partial charge < -0.3 is 15.2 Å². The van der Waals surface area contributed by atoms with E-state index in [2.05, 4.69) is 20.3 Å². The van der Waals surface area contributed by atoms with Crippen LogP contribution >= 0.6 is 0 Å². The maximum absolute atomic E-state index is 13.9. The molecule has 118 valence electrons. The average Bonchev–Trinajstić information content (AvgIpc) is 3.18. The lowest BCUT2D eigenvalue weighted by atomic mass is 9.94. The molecular formula is C16H15FN4O2. The van der Waals surface area contributed by atoms with Crippen LogP contribution in [0.2, 0.25) is 0 Å². The topological polar surface area (TPSA) is 91.0 Å². The lowest BCUT2D eigenvalue weighted by molar-refractivity contribution is -0.122. The predicted octanol–water partition coefficient (Wildman–Crippen LogP) is 2.56. The molecule has 0 bridgehead atoms. The molecule has 0 atom stereocenters. The number of nitrogens with zero attached hydrogens (tertiary/aromatic N) is 1. The monoisotopic (exact) mass is 314 g/mol. The lowest BCUT2D eigenvalue weighted by Gasteiger charge is -2.15. The zero-order valence-electron chi connectivity index (χ0n) is 12.2. The van der Waals surface area contributed by atoms with Gasteiger partial charge in [-0.3, -0.25) is 10.2 Å². The molecule has 1 aromatic carbocycles. The molecule has 3 rings (SSSR count). The Labute approximate surface area is 131 Å². The summed E-state index contributed by atoms with van der Waals surface area (Å²) in [5.74, 6) is -0.833. The minimum atomic E-state index is -0.854. The van der Waals surface area contributed by atoms with Crippen LogP contribution in [0.25, 0.3) is 0 Å². The first-order chi connectivity index (χ1) is 11.1. The Bertz CT molecular complexity index is 751. The van der Waals surface area contributed by atoms with Crippen molar-refractivity contribution in [1.29, 1.82) is 5.41 Å². The highest BCUT2D eigenvalue weighted by atomic mass is 19.1. The molecule has 0 spiro atoms. The molecule has 7 heteroatoms. The standard InChI is InChI=1S/C16H15FN4O2/c17-13-4-2-1-3-12(13)16(6-7-16)15(22)21-14(18)5-8-19-11-9-20-23-10-11/h1-5,8-10,19H,6-7H2,(H2,18,21,22)/b8-5-. The number of aromatic nitrogens is 1. The van der Waals surface area contributed by atoms with Crippen LogP contribution in [0.5, 0.6) is 0 Å². The van der Waals surface area contributed by atoms with E-state index in [9.17, 15) is 9.18 Å². The van der Waals surface area contributed by atoms with Crippen molar-refractivity contribution in [2.45, 2.75) is 18.3 Å². The first kappa shape index (κ1) is 15.0. The number of amides is 1. The van der Waals surface area contributed by atoms with Crippen LogP contribution in [-0.4, -0.2) is 16.9 Å². The summed E-state index contributed by atoms with van der Waals surface area (Å²) in [6, 6.07) is 6.26. The van der Waals surface area contributed by atoms with Gasteiger partial charge in [0.1, 0.15) is 17.9 Å². The van der Waals surface area contributed by atoms with Crippen molar-refractivity contribution >= 4 is 17.4 Å². The summed E-state index contributed by atoms with van der Waals surface area (Å²) in [6.45, 7) is 0. The van der Waals surface area contributed by atoms with Crippen LogP contribution < -0.4 is 10.6 Å². The summed E-state index contributed by atoms with van der Waals surface area (Å²) in [6.07, 6.45) is 6.92. The maximum Gasteiger partial charge on any atom is 0.236 e. The molecule has 1 aliphatic carbocycles. The van der Waals surface area contributed by atoms with E-state index in [4.69, 9.17) is 5.41 Å². The molecule has 0 radical (unpaired) electrons. The number of carbonyl (C=O) groups excluding carboxylic acids is 1. The van der Waals surface area contributed by atoms with Crippen molar-refractivity contribution in [3.05, 3.63) is 60.4 Å². The van der Waals surface area contributed by atoms with Gasteiger partial charge in [-0.05, 0) is 25.0 Å². The Kier molecular flexibility index (Phi) is 3.92. The van der Waals surface area contributed by atoms with Gasteiger partial charge in [0.15, 0.2) is 0 Å². The van der Waals surface area contributed by atoms with E-state index in [0.29, 0.717) is 24.1 Å². The van der Waals surface area contributed by atoms with Crippen LogP contribution in [0.4, 0.5) is 10.1 Å². The molecule has 6 nitrogen and oxygen atoms in total. The van der Waals surface area contributed by atoms with Gasteiger partial charge in [0, 0.05) is 11.8 Å². The summed E-state index contributed by atoms with van der Waals surface area (Å²) in [7, 11) is 0. The Balaban J connectivity index is 1.62. The quantitative estimate of drug-likeness (QED) is 0.584. The van der Waals surface area contributed by atoms with Crippen LogP contribution in [-0.2, 0) is 10.2 Å². The van der Waals surface area contributed by atoms with Gasteiger partial charge in [0.25, 0.3) is 0 Å². The van der Waals surface area contributed by atoms with E-state index in [1.165, 1.54) is 30.8 Å². The molecule has 1 heterocycles. The molecule has 0 unspecified atom stereocenters. The van der Waals surface area contributed by atoms with E-state index in [0.717, 1.165) is 0 Å². The van der Waals surface area contributed by atoms with Gasteiger partial charge in [-0.15, -0.1) is 0 Å². The second-order valence-corrected chi connectivity index (χ2v) is 5.32. The number of anilines is 1. The molecular weight excluding hydrogens is 299 g/mol. The van der Waals surface area contributed by atoms with E-state index < -0.39 is 11.2 Å². The van der Waals surface area contributed by atoms with Gasteiger partial charge >= 0.3 is 0 Å². The Morgan fingerprint density at radius 1 is 1.39 bits per heavy atom. The maximum atomic E-state index is 13.9. The molecule has 2 aromatic rings. The average molecular weight is 314 g/mol. The smallest absolute Gasteiger partial charge is 0.236 e. The number of amidine groups is 1. The highest BCUT2D eigenvalue weighted by molar-refractivity contribution is 6.07. The molecule has 1 aromatic heterocycles. The van der Waals surface area contributed by atoms with Gasteiger partial charge in [0.05, 0.1) is 17.3 Å². The van der Waals surface area contributed by atoms with Crippen molar-refractivity contribution in [2.75, 3.05) is 5.32 Å². The molecule has 23 heavy (non-hydrogen) atoms. The minimum absolute atomic E-state index is 0.0819. The van der Waals surface area contributed by atoms with Crippen molar-refractivity contribution in [1.82, 2.24) is 10.5 Å². The van der Waals surface area contributed by atoms with Crippen LogP contribution in [0.15, 0.2) is 53.5 Å². The number of hydrogen-bond donors (Lipinski definition) is 3. The Morgan fingerprint density at radius 3 is 2.83 bits per heavy atom. The highest BCUT2D eigenvalue weighted by Crippen LogP contribution is 2.49. The SMILES string of the molecule is N=C(/C=C\Nc1cnoc1)NC(=O)C1(c2ccccc2F)CC1. The normalized spacial score (nSPS) is 15.3. The summed E-state index contributed by atoms with van der Waals surface area (Å²) in [5, 5.41) is 16.6. The van der Waals surface area contributed by atoms with E-state index in [1.807, 2.05) is 0 Å². The first-order valence-electron chi connectivity index (χ1n) is 7.09. The van der Waals surface area contributed by atoms with Gasteiger partial charge in [0.2, 0.25) is 5.91 Å². The third-order valence-electron chi connectivity index (χ3n) is 3.75. The molecule has 0 aliphatic heterocycles. The number of rotatable bonds is 5. The molecule has 0 saturated heterocycles. The number of benzene rings is 1. The number of carbonyl (C=O) groups is 1. The molecule has 1 aliphatic rings. The van der Waals surface area contributed by atoms with Crippen molar-refractivity contribution in [3.8, 4) is 0 Å². The highest BCUT2D eigenvalue weighted by Gasteiger charge is 2.52. The van der Waals surface area contributed by atoms with Crippen LogP contribution in [0.1, 0.15) is 18.4 Å². The Morgan fingerprint density at radius 2 is 2.17 bits per heavy atom. The number of hydrogen-bond acceptors (Lipinski definition) is 5. The third kappa shape index (κ3) is 3.13. The summed E-state index contributed by atoms with van der Waals surface area (Å²) in [4.78, 5) is 12.4. The lowest BCUT2D eigenvalue weighted by Crippen LogP contribution is -2.38.